The number of methoxy groups -OCH3 is 1. The van der Waals surface area contributed by atoms with Gasteiger partial charge < -0.3 is 10.1 Å². The predicted octanol–water partition coefficient (Wildman–Crippen LogP) is 0.451. The second-order valence-electron chi connectivity index (χ2n) is 2.12. The van der Waals surface area contributed by atoms with Crippen molar-refractivity contribution < 1.29 is 14.3 Å². The Bertz CT molecular complexity index is 161. The normalized spacial score (nSPS) is 9.17. The van der Waals surface area contributed by atoms with E-state index in [0.717, 1.165) is 5.33 Å². The summed E-state index contributed by atoms with van der Waals surface area (Å²) in [6.45, 7) is 0.583. The molecule has 0 aromatic rings. The highest BCUT2D eigenvalue weighted by atomic mass is 79.9. The van der Waals surface area contributed by atoms with E-state index >= 15 is 0 Å². The van der Waals surface area contributed by atoms with E-state index in [1.807, 2.05) is 0 Å². The number of rotatable bonds is 5. The first-order valence-corrected chi connectivity index (χ1v) is 4.72. The summed E-state index contributed by atoms with van der Waals surface area (Å²) in [4.78, 5) is 21.5. The van der Waals surface area contributed by atoms with E-state index in [1.165, 1.54) is 7.11 Å². The van der Waals surface area contributed by atoms with Crippen LogP contribution in [0.25, 0.3) is 0 Å². The molecule has 5 heteroatoms. The third-order valence-electron chi connectivity index (χ3n) is 1.20. The van der Waals surface area contributed by atoms with E-state index in [0.29, 0.717) is 6.54 Å². The number of carbonyl (C=O) groups excluding carboxylic acids is 2. The quantitative estimate of drug-likeness (QED) is 0.558. The van der Waals surface area contributed by atoms with Crippen LogP contribution in [-0.2, 0) is 14.3 Å². The molecular formula is C7H12BrNO3. The average molecular weight is 238 g/mol. The molecule has 0 spiro atoms. The smallest absolute Gasteiger partial charge is 0.306 e. The van der Waals surface area contributed by atoms with Gasteiger partial charge in [-0.3, -0.25) is 9.59 Å². The minimum Gasteiger partial charge on any atom is -0.469 e. The van der Waals surface area contributed by atoms with Crippen molar-refractivity contribution in [1.82, 2.24) is 5.32 Å². The lowest BCUT2D eigenvalue weighted by Crippen LogP contribution is -2.25. The fourth-order valence-corrected chi connectivity index (χ4v) is 0.791. The molecule has 0 rings (SSSR count). The molecule has 0 aliphatic carbocycles. The molecule has 0 bridgehead atoms. The highest BCUT2D eigenvalue weighted by Gasteiger charge is 2.04. The molecule has 0 aromatic heterocycles. The summed E-state index contributed by atoms with van der Waals surface area (Å²) >= 11 is 3.17. The first kappa shape index (κ1) is 11.4. The molecule has 0 aliphatic heterocycles. The molecule has 0 aromatic carbocycles. The van der Waals surface area contributed by atoms with E-state index in [2.05, 4.69) is 26.0 Å². The number of esters is 1. The van der Waals surface area contributed by atoms with Crippen molar-refractivity contribution in [3.63, 3.8) is 0 Å². The Kier molecular flexibility index (Phi) is 6.75. The van der Waals surface area contributed by atoms with Crippen LogP contribution < -0.4 is 5.32 Å². The van der Waals surface area contributed by atoms with Crippen molar-refractivity contribution in [1.29, 1.82) is 0 Å². The number of hydrogen-bond donors (Lipinski definition) is 1. The Morgan fingerprint density at radius 3 is 2.58 bits per heavy atom. The summed E-state index contributed by atoms with van der Waals surface area (Å²) in [5.41, 5.74) is 0. The summed E-state index contributed by atoms with van der Waals surface area (Å²) < 4.78 is 4.38. The third kappa shape index (κ3) is 6.15. The fraction of sp³-hybridized carbons (Fsp3) is 0.714. The van der Waals surface area contributed by atoms with Crippen LogP contribution >= 0.6 is 15.9 Å². The zero-order valence-electron chi connectivity index (χ0n) is 6.93. The van der Waals surface area contributed by atoms with Crippen LogP contribution in [0.5, 0.6) is 0 Å². The van der Waals surface area contributed by atoms with Gasteiger partial charge in [0.25, 0.3) is 0 Å². The SMILES string of the molecule is COC(=O)CCC(=O)NCCBr. The minimum absolute atomic E-state index is 0.125. The molecule has 0 fully saturated rings. The van der Waals surface area contributed by atoms with Crippen LogP contribution in [0, 0.1) is 0 Å². The van der Waals surface area contributed by atoms with Gasteiger partial charge in [-0.05, 0) is 0 Å². The Balaban J connectivity index is 3.37. The summed E-state index contributed by atoms with van der Waals surface area (Å²) in [7, 11) is 1.30. The Hall–Kier alpha value is -0.580. The largest absolute Gasteiger partial charge is 0.469 e. The highest BCUT2D eigenvalue weighted by Crippen LogP contribution is 1.91. The number of ether oxygens (including phenoxy) is 1. The van der Waals surface area contributed by atoms with Gasteiger partial charge in [0.15, 0.2) is 0 Å². The van der Waals surface area contributed by atoms with Gasteiger partial charge in [-0.15, -0.1) is 0 Å². The molecule has 0 aliphatic rings. The molecule has 0 saturated carbocycles. The number of hydrogen-bond acceptors (Lipinski definition) is 3. The third-order valence-corrected chi connectivity index (χ3v) is 1.60. The van der Waals surface area contributed by atoms with Crippen molar-refractivity contribution in [2.24, 2.45) is 0 Å². The van der Waals surface area contributed by atoms with Crippen LogP contribution in [0.2, 0.25) is 0 Å². The number of alkyl halides is 1. The lowest BCUT2D eigenvalue weighted by molar-refractivity contribution is -0.142. The minimum atomic E-state index is -0.357. The zero-order valence-corrected chi connectivity index (χ0v) is 8.52. The molecule has 0 atom stereocenters. The lowest BCUT2D eigenvalue weighted by atomic mass is 10.3. The molecular weight excluding hydrogens is 226 g/mol. The molecule has 0 saturated heterocycles. The van der Waals surface area contributed by atoms with E-state index in [4.69, 9.17) is 0 Å². The Morgan fingerprint density at radius 2 is 2.08 bits per heavy atom. The molecule has 12 heavy (non-hydrogen) atoms. The molecule has 0 radical (unpaired) electrons. The fourth-order valence-electron chi connectivity index (χ4n) is 0.593. The van der Waals surface area contributed by atoms with Crippen molar-refractivity contribution in [3.8, 4) is 0 Å². The average Bonchev–Trinajstić information content (AvgIpc) is 2.10. The van der Waals surface area contributed by atoms with Gasteiger partial charge in [0.2, 0.25) is 5.91 Å². The molecule has 0 heterocycles. The summed E-state index contributed by atoms with van der Waals surface area (Å²) in [6.07, 6.45) is 0.338. The van der Waals surface area contributed by atoms with Crippen LogP contribution in [0.3, 0.4) is 0 Å². The van der Waals surface area contributed by atoms with Gasteiger partial charge in [0.05, 0.1) is 13.5 Å². The Labute approximate surface area is 79.8 Å². The maximum absolute atomic E-state index is 10.9. The number of carbonyl (C=O) groups is 2. The van der Waals surface area contributed by atoms with E-state index < -0.39 is 0 Å². The number of nitrogens with one attached hydrogen (secondary N) is 1. The predicted molar refractivity (Wildman–Crippen MR) is 48.1 cm³/mol. The van der Waals surface area contributed by atoms with E-state index in [-0.39, 0.29) is 24.7 Å². The molecule has 4 nitrogen and oxygen atoms in total. The van der Waals surface area contributed by atoms with E-state index in [1.54, 1.807) is 0 Å². The Morgan fingerprint density at radius 1 is 1.42 bits per heavy atom. The molecule has 70 valence electrons. The summed E-state index contributed by atoms with van der Waals surface area (Å²) in [5, 5.41) is 3.34. The number of amides is 1. The van der Waals surface area contributed by atoms with E-state index in [9.17, 15) is 9.59 Å². The topological polar surface area (TPSA) is 55.4 Å². The lowest BCUT2D eigenvalue weighted by Gasteiger charge is -2.01. The van der Waals surface area contributed by atoms with Gasteiger partial charge in [-0.25, -0.2) is 0 Å². The second-order valence-corrected chi connectivity index (χ2v) is 2.91. The monoisotopic (exact) mass is 237 g/mol. The molecule has 1 N–H and O–H groups in total. The van der Waals surface area contributed by atoms with Crippen LogP contribution in [-0.4, -0.2) is 30.9 Å². The van der Waals surface area contributed by atoms with Crippen LogP contribution in [0.1, 0.15) is 12.8 Å². The summed E-state index contributed by atoms with van der Waals surface area (Å²) in [6, 6.07) is 0. The van der Waals surface area contributed by atoms with Crippen molar-refractivity contribution in [3.05, 3.63) is 0 Å². The van der Waals surface area contributed by atoms with Crippen LogP contribution in [0.15, 0.2) is 0 Å². The standard InChI is InChI=1S/C7H12BrNO3/c1-12-7(11)3-2-6(10)9-5-4-8/h2-5H2,1H3,(H,9,10). The van der Waals surface area contributed by atoms with Crippen molar-refractivity contribution in [2.75, 3.05) is 19.0 Å². The zero-order chi connectivity index (χ0) is 9.40. The van der Waals surface area contributed by atoms with Gasteiger partial charge in [-0.1, -0.05) is 15.9 Å². The first-order valence-electron chi connectivity index (χ1n) is 3.60. The van der Waals surface area contributed by atoms with Crippen LogP contribution in [0.4, 0.5) is 0 Å². The van der Waals surface area contributed by atoms with Gasteiger partial charge in [0.1, 0.15) is 0 Å². The van der Waals surface area contributed by atoms with Gasteiger partial charge in [-0.2, -0.15) is 0 Å². The molecule has 1 amide bonds. The maximum Gasteiger partial charge on any atom is 0.306 e. The van der Waals surface area contributed by atoms with Crippen molar-refractivity contribution in [2.45, 2.75) is 12.8 Å². The van der Waals surface area contributed by atoms with Gasteiger partial charge in [0, 0.05) is 18.3 Å². The van der Waals surface area contributed by atoms with Gasteiger partial charge >= 0.3 is 5.97 Å². The molecule has 0 unspecified atom stereocenters. The number of halogens is 1. The maximum atomic E-state index is 10.9. The summed E-state index contributed by atoms with van der Waals surface area (Å²) in [5.74, 6) is -0.483. The van der Waals surface area contributed by atoms with Crippen molar-refractivity contribution >= 4 is 27.8 Å². The highest BCUT2D eigenvalue weighted by molar-refractivity contribution is 9.09. The first-order chi connectivity index (χ1) is 5.70. The second kappa shape index (κ2) is 7.09.